The van der Waals surface area contributed by atoms with Gasteiger partial charge < -0.3 is 9.84 Å². The Kier molecular flexibility index (Phi) is 4.13. The summed E-state index contributed by atoms with van der Waals surface area (Å²) in [6, 6.07) is 7.95. The third-order valence-electron chi connectivity index (χ3n) is 4.08. The van der Waals surface area contributed by atoms with Crippen LogP contribution < -0.4 is 4.74 Å². The van der Waals surface area contributed by atoms with E-state index in [1.165, 1.54) is 5.56 Å². The molecule has 1 aliphatic carbocycles. The van der Waals surface area contributed by atoms with Crippen LogP contribution in [-0.4, -0.2) is 17.7 Å². The highest BCUT2D eigenvalue weighted by Crippen LogP contribution is 2.38. The Morgan fingerprint density at radius 1 is 1.26 bits per heavy atom. The van der Waals surface area contributed by atoms with Gasteiger partial charge in [-0.3, -0.25) is 4.79 Å². The molecule has 2 rings (SSSR count). The van der Waals surface area contributed by atoms with Crippen LogP contribution in [0.25, 0.3) is 0 Å². The fourth-order valence-corrected chi connectivity index (χ4v) is 2.64. The van der Waals surface area contributed by atoms with Gasteiger partial charge in [0.1, 0.15) is 17.8 Å². The largest absolute Gasteiger partial charge is 0.492 e. The summed E-state index contributed by atoms with van der Waals surface area (Å²) in [4.78, 5) is 11.4. The van der Waals surface area contributed by atoms with Crippen molar-refractivity contribution in [2.24, 2.45) is 5.41 Å². The third-order valence-corrected chi connectivity index (χ3v) is 4.08. The number of carbonyl (C=O) groups is 1. The molecule has 3 nitrogen and oxygen atoms in total. The zero-order chi connectivity index (χ0) is 13.9. The molecule has 0 radical (unpaired) electrons. The highest BCUT2D eigenvalue weighted by atomic mass is 16.5. The van der Waals surface area contributed by atoms with Gasteiger partial charge in [0.15, 0.2) is 0 Å². The second kappa shape index (κ2) is 5.64. The molecule has 104 valence electrons. The summed E-state index contributed by atoms with van der Waals surface area (Å²) in [6.07, 6.45) is 3.43. The second-order valence-electron chi connectivity index (χ2n) is 5.81. The average Bonchev–Trinajstić information content (AvgIpc) is 2.87. The molecule has 0 saturated heterocycles. The summed E-state index contributed by atoms with van der Waals surface area (Å²) in [6.45, 7) is 4.57. The van der Waals surface area contributed by atoms with Crippen molar-refractivity contribution in [2.45, 2.75) is 45.4 Å². The number of ether oxygens (including phenoxy) is 1. The Labute approximate surface area is 114 Å². The minimum Gasteiger partial charge on any atom is -0.492 e. The number of aliphatic carboxylic acids is 1. The van der Waals surface area contributed by atoms with Crippen molar-refractivity contribution >= 4 is 5.97 Å². The van der Waals surface area contributed by atoms with Crippen molar-refractivity contribution in [3.63, 3.8) is 0 Å². The van der Waals surface area contributed by atoms with Crippen molar-refractivity contribution < 1.29 is 14.6 Å². The summed E-state index contributed by atoms with van der Waals surface area (Å²) in [5.74, 6) is 0.537. The fraction of sp³-hybridized carbons (Fsp3) is 0.562. The van der Waals surface area contributed by atoms with Gasteiger partial charge in [0.2, 0.25) is 0 Å². The predicted molar refractivity (Wildman–Crippen MR) is 74.6 cm³/mol. The Hall–Kier alpha value is -1.51. The Balaban J connectivity index is 1.99. The fourth-order valence-electron chi connectivity index (χ4n) is 2.64. The van der Waals surface area contributed by atoms with E-state index in [-0.39, 0.29) is 6.61 Å². The highest BCUT2D eigenvalue weighted by Gasteiger charge is 2.42. The topological polar surface area (TPSA) is 46.5 Å². The van der Waals surface area contributed by atoms with Crippen LogP contribution in [0.5, 0.6) is 5.75 Å². The average molecular weight is 262 g/mol. The van der Waals surface area contributed by atoms with E-state index in [1.54, 1.807) is 0 Å². The molecular formula is C16H22O3. The van der Waals surface area contributed by atoms with Crippen molar-refractivity contribution in [1.82, 2.24) is 0 Å². The maximum absolute atomic E-state index is 11.4. The van der Waals surface area contributed by atoms with Crippen LogP contribution in [0.4, 0.5) is 0 Å². The van der Waals surface area contributed by atoms with E-state index in [9.17, 15) is 9.90 Å². The second-order valence-corrected chi connectivity index (χ2v) is 5.81. The lowest BCUT2D eigenvalue weighted by Crippen LogP contribution is -2.34. The Bertz CT molecular complexity index is 428. The van der Waals surface area contributed by atoms with Gasteiger partial charge in [-0.05, 0) is 36.5 Å². The minimum atomic E-state index is -0.719. The maximum atomic E-state index is 11.4. The number of carboxylic acids is 1. The smallest absolute Gasteiger partial charge is 0.313 e. The van der Waals surface area contributed by atoms with E-state index in [2.05, 4.69) is 13.8 Å². The molecule has 1 aliphatic rings. The monoisotopic (exact) mass is 262 g/mol. The lowest BCUT2D eigenvalue weighted by Gasteiger charge is -2.23. The first-order chi connectivity index (χ1) is 9.03. The van der Waals surface area contributed by atoms with Crippen LogP contribution in [0.3, 0.4) is 0 Å². The summed E-state index contributed by atoms with van der Waals surface area (Å²) >= 11 is 0. The zero-order valence-electron chi connectivity index (χ0n) is 11.7. The first kappa shape index (κ1) is 13.9. The van der Waals surface area contributed by atoms with E-state index in [4.69, 9.17) is 4.74 Å². The number of carboxylic acid groups (broad SMARTS) is 1. The van der Waals surface area contributed by atoms with Crippen molar-refractivity contribution in [2.75, 3.05) is 6.61 Å². The molecule has 0 bridgehead atoms. The Morgan fingerprint density at radius 3 is 2.32 bits per heavy atom. The predicted octanol–water partition coefficient (Wildman–Crippen LogP) is 3.83. The molecule has 3 heteroatoms. The molecule has 1 N–H and O–H groups in total. The van der Waals surface area contributed by atoms with E-state index in [0.717, 1.165) is 31.4 Å². The quantitative estimate of drug-likeness (QED) is 0.877. The summed E-state index contributed by atoms with van der Waals surface area (Å²) in [5.41, 5.74) is 0.595. The van der Waals surface area contributed by atoms with Crippen LogP contribution in [0.2, 0.25) is 0 Å². The molecule has 0 aromatic heterocycles. The van der Waals surface area contributed by atoms with Gasteiger partial charge in [-0.15, -0.1) is 0 Å². The van der Waals surface area contributed by atoms with Crippen molar-refractivity contribution in [3.8, 4) is 5.75 Å². The van der Waals surface area contributed by atoms with E-state index in [1.807, 2.05) is 24.3 Å². The summed E-state index contributed by atoms with van der Waals surface area (Å²) in [7, 11) is 0. The molecule has 0 atom stereocenters. The number of benzene rings is 1. The van der Waals surface area contributed by atoms with Crippen LogP contribution in [0.1, 0.15) is 51.0 Å². The van der Waals surface area contributed by atoms with Gasteiger partial charge in [0.25, 0.3) is 0 Å². The van der Waals surface area contributed by atoms with E-state index < -0.39 is 11.4 Å². The molecular weight excluding hydrogens is 240 g/mol. The van der Waals surface area contributed by atoms with Crippen LogP contribution in [0, 0.1) is 5.41 Å². The summed E-state index contributed by atoms with van der Waals surface area (Å²) in [5, 5.41) is 9.38. The molecule has 19 heavy (non-hydrogen) atoms. The van der Waals surface area contributed by atoms with Gasteiger partial charge in [-0.1, -0.05) is 38.8 Å². The summed E-state index contributed by atoms with van der Waals surface area (Å²) < 4.78 is 5.71. The zero-order valence-corrected chi connectivity index (χ0v) is 11.7. The first-order valence-electron chi connectivity index (χ1n) is 7.00. The van der Waals surface area contributed by atoms with Crippen LogP contribution in [-0.2, 0) is 4.79 Å². The van der Waals surface area contributed by atoms with Crippen LogP contribution in [0.15, 0.2) is 24.3 Å². The van der Waals surface area contributed by atoms with Crippen LogP contribution >= 0.6 is 0 Å². The molecule has 0 spiro atoms. The number of rotatable bonds is 5. The third kappa shape index (κ3) is 3.09. The Morgan fingerprint density at radius 2 is 1.84 bits per heavy atom. The standard InChI is InChI=1S/C16H22O3/c1-12(2)13-5-7-14(8-6-13)19-11-16(15(17)18)9-3-4-10-16/h5-8,12H,3-4,9-11H2,1-2H3,(H,17,18). The SMILES string of the molecule is CC(C)c1ccc(OCC2(C(=O)O)CCCC2)cc1. The molecule has 1 aromatic rings. The van der Waals surface area contributed by atoms with Gasteiger partial charge in [-0.2, -0.15) is 0 Å². The van der Waals surface area contributed by atoms with E-state index >= 15 is 0 Å². The first-order valence-corrected chi connectivity index (χ1v) is 7.00. The molecule has 1 saturated carbocycles. The molecule has 1 aromatic carbocycles. The molecule has 0 amide bonds. The maximum Gasteiger partial charge on any atom is 0.313 e. The van der Waals surface area contributed by atoms with Gasteiger partial charge in [0, 0.05) is 0 Å². The lowest BCUT2D eigenvalue weighted by molar-refractivity contribution is -0.150. The molecule has 0 aliphatic heterocycles. The normalized spacial score (nSPS) is 17.6. The van der Waals surface area contributed by atoms with Crippen molar-refractivity contribution in [3.05, 3.63) is 29.8 Å². The molecule has 1 fully saturated rings. The van der Waals surface area contributed by atoms with Gasteiger partial charge in [-0.25, -0.2) is 0 Å². The number of hydrogen-bond donors (Lipinski definition) is 1. The van der Waals surface area contributed by atoms with Gasteiger partial charge in [0.05, 0.1) is 0 Å². The molecule has 0 heterocycles. The number of hydrogen-bond acceptors (Lipinski definition) is 2. The van der Waals surface area contributed by atoms with Crippen molar-refractivity contribution in [1.29, 1.82) is 0 Å². The van der Waals surface area contributed by atoms with E-state index in [0.29, 0.717) is 5.92 Å². The van der Waals surface area contributed by atoms with Gasteiger partial charge >= 0.3 is 5.97 Å². The molecule has 0 unspecified atom stereocenters. The highest BCUT2D eigenvalue weighted by molar-refractivity contribution is 5.75. The minimum absolute atomic E-state index is 0.281. The lowest BCUT2D eigenvalue weighted by atomic mass is 9.87.